The van der Waals surface area contributed by atoms with Crippen LogP contribution in [0, 0.1) is 11.8 Å². The maximum Gasteiger partial charge on any atom is 0.220 e. The first kappa shape index (κ1) is 9.49. The van der Waals surface area contributed by atoms with Crippen LogP contribution in [0.15, 0.2) is 4.99 Å². The number of carbonyl (C=O) groups is 1. The molecule has 0 spiro atoms. The Morgan fingerprint density at radius 2 is 2.07 bits per heavy atom. The molecule has 2 rings (SSSR count). The Kier molecular flexibility index (Phi) is 2.70. The predicted octanol–water partition coefficient (Wildman–Crippen LogP) is 0.280. The minimum Gasteiger partial charge on any atom is -0.372 e. The van der Waals surface area contributed by atoms with Crippen molar-refractivity contribution >= 4 is 11.7 Å². The van der Waals surface area contributed by atoms with Gasteiger partial charge in [0.2, 0.25) is 5.91 Å². The fourth-order valence-electron chi connectivity index (χ4n) is 2.34. The summed E-state index contributed by atoms with van der Waals surface area (Å²) in [6.45, 7) is 1.89. The van der Waals surface area contributed by atoms with Crippen molar-refractivity contribution in [2.45, 2.75) is 25.7 Å². The standard InChI is InChI=1S/C10H17N3O/c11-9(14)7-1-3-8(4-2-7)10-12-5-6-13-10/h7-8H,1-6H2,(H2,11,14)(H,12,13). The lowest BCUT2D eigenvalue weighted by Gasteiger charge is -2.26. The van der Waals surface area contributed by atoms with Crippen LogP contribution in [0.4, 0.5) is 0 Å². The van der Waals surface area contributed by atoms with E-state index in [-0.39, 0.29) is 11.8 Å². The largest absolute Gasteiger partial charge is 0.372 e. The van der Waals surface area contributed by atoms with Crippen LogP contribution in [0.3, 0.4) is 0 Å². The molecule has 4 nitrogen and oxygen atoms in total. The van der Waals surface area contributed by atoms with E-state index in [9.17, 15) is 4.79 Å². The van der Waals surface area contributed by atoms with E-state index in [1.165, 1.54) is 0 Å². The molecule has 0 aromatic rings. The Morgan fingerprint density at radius 1 is 1.36 bits per heavy atom. The summed E-state index contributed by atoms with van der Waals surface area (Å²) < 4.78 is 0. The maximum atomic E-state index is 11.0. The molecule has 0 aromatic heterocycles. The monoisotopic (exact) mass is 195 g/mol. The van der Waals surface area contributed by atoms with Gasteiger partial charge in [0.1, 0.15) is 0 Å². The summed E-state index contributed by atoms with van der Waals surface area (Å²) >= 11 is 0. The van der Waals surface area contributed by atoms with E-state index in [1.807, 2.05) is 0 Å². The Bertz CT molecular complexity index is 254. The number of hydrogen-bond donors (Lipinski definition) is 2. The van der Waals surface area contributed by atoms with Gasteiger partial charge in [-0.1, -0.05) is 0 Å². The van der Waals surface area contributed by atoms with E-state index in [0.29, 0.717) is 5.92 Å². The summed E-state index contributed by atoms with van der Waals surface area (Å²) in [5.74, 6) is 1.68. The highest BCUT2D eigenvalue weighted by Gasteiger charge is 2.28. The fraction of sp³-hybridized carbons (Fsp3) is 0.800. The Hall–Kier alpha value is -1.06. The number of amidine groups is 1. The zero-order valence-corrected chi connectivity index (χ0v) is 8.33. The number of rotatable bonds is 2. The number of nitrogens with one attached hydrogen (secondary N) is 1. The normalized spacial score (nSPS) is 32.1. The fourth-order valence-corrected chi connectivity index (χ4v) is 2.34. The van der Waals surface area contributed by atoms with Crippen molar-refractivity contribution in [3.63, 3.8) is 0 Å². The van der Waals surface area contributed by atoms with Crippen molar-refractivity contribution in [1.29, 1.82) is 0 Å². The number of primary amides is 1. The molecule has 78 valence electrons. The number of hydrogen-bond acceptors (Lipinski definition) is 3. The van der Waals surface area contributed by atoms with Gasteiger partial charge in [-0.25, -0.2) is 0 Å². The van der Waals surface area contributed by atoms with Gasteiger partial charge in [-0.3, -0.25) is 9.79 Å². The van der Waals surface area contributed by atoms with Crippen LogP contribution in [-0.4, -0.2) is 24.8 Å². The van der Waals surface area contributed by atoms with E-state index in [4.69, 9.17) is 5.73 Å². The Morgan fingerprint density at radius 3 is 2.57 bits per heavy atom. The highest BCUT2D eigenvalue weighted by Crippen LogP contribution is 2.29. The van der Waals surface area contributed by atoms with Crippen molar-refractivity contribution in [2.24, 2.45) is 22.6 Å². The SMILES string of the molecule is NC(=O)C1CCC(C2=NCCN2)CC1. The van der Waals surface area contributed by atoms with Gasteiger partial charge in [0.25, 0.3) is 0 Å². The van der Waals surface area contributed by atoms with Gasteiger partial charge in [0.15, 0.2) is 0 Å². The molecule has 0 unspecified atom stereocenters. The van der Waals surface area contributed by atoms with Crippen LogP contribution < -0.4 is 11.1 Å². The van der Waals surface area contributed by atoms with Gasteiger partial charge < -0.3 is 11.1 Å². The smallest absolute Gasteiger partial charge is 0.220 e. The average molecular weight is 195 g/mol. The van der Waals surface area contributed by atoms with Gasteiger partial charge in [-0.15, -0.1) is 0 Å². The van der Waals surface area contributed by atoms with Crippen LogP contribution in [0.25, 0.3) is 0 Å². The lowest BCUT2D eigenvalue weighted by Crippen LogP contribution is -2.33. The third kappa shape index (κ3) is 1.89. The molecular weight excluding hydrogens is 178 g/mol. The predicted molar refractivity (Wildman–Crippen MR) is 54.9 cm³/mol. The summed E-state index contributed by atoms with van der Waals surface area (Å²) in [4.78, 5) is 15.4. The molecule has 0 radical (unpaired) electrons. The highest BCUT2D eigenvalue weighted by molar-refractivity contribution is 5.86. The molecule has 3 N–H and O–H groups in total. The zero-order valence-electron chi connectivity index (χ0n) is 8.33. The maximum absolute atomic E-state index is 11.0. The van der Waals surface area contributed by atoms with Crippen molar-refractivity contribution in [1.82, 2.24) is 5.32 Å². The second-order valence-corrected chi connectivity index (χ2v) is 4.14. The molecule has 1 amide bonds. The zero-order chi connectivity index (χ0) is 9.97. The summed E-state index contributed by atoms with van der Waals surface area (Å²) in [5, 5.41) is 3.30. The lowest BCUT2D eigenvalue weighted by molar-refractivity contribution is -0.122. The molecule has 14 heavy (non-hydrogen) atoms. The molecule has 0 bridgehead atoms. The molecule has 2 aliphatic rings. The van der Waals surface area contributed by atoms with Crippen molar-refractivity contribution in [3.05, 3.63) is 0 Å². The van der Waals surface area contributed by atoms with Crippen LogP contribution in [-0.2, 0) is 4.79 Å². The minimum atomic E-state index is -0.134. The molecule has 1 aliphatic carbocycles. The van der Waals surface area contributed by atoms with Crippen LogP contribution in [0.5, 0.6) is 0 Å². The average Bonchev–Trinajstić information content (AvgIpc) is 2.71. The van der Waals surface area contributed by atoms with E-state index in [0.717, 1.165) is 44.6 Å². The van der Waals surface area contributed by atoms with Gasteiger partial charge in [-0.2, -0.15) is 0 Å². The second kappa shape index (κ2) is 3.98. The molecule has 1 saturated carbocycles. The summed E-state index contributed by atoms with van der Waals surface area (Å²) in [6, 6.07) is 0. The molecule has 0 aromatic carbocycles. The van der Waals surface area contributed by atoms with Gasteiger partial charge in [0.05, 0.1) is 12.4 Å². The Balaban J connectivity index is 1.86. The molecule has 1 fully saturated rings. The van der Waals surface area contributed by atoms with Crippen molar-refractivity contribution in [3.8, 4) is 0 Å². The van der Waals surface area contributed by atoms with Gasteiger partial charge >= 0.3 is 0 Å². The van der Waals surface area contributed by atoms with Crippen molar-refractivity contribution < 1.29 is 4.79 Å². The summed E-state index contributed by atoms with van der Waals surface area (Å²) in [5.41, 5.74) is 5.28. The van der Waals surface area contributed by atoms with E-state index in [1.54, 1.807) is 0 Å². The van der Waals surface area contributed by atoms with Crippen LogP contribution >= 0.6 is 0 Å². The first-order chi connectivity index (χ1) is 6.77. The highest BCUT2D eigenvalue weighted by atomic mass is 16.1. The molecule has 1 aliphatic heterocycles. The lowest BCUT2D eigenvalue weighted by atomic mass is 9.81. The number of carbonyl (C=O) groups excluding carboxylic acids is 1. The van der Waals surface area contributed by atoms with E-state index in [2.05, 4.69) is 10.3 Å². The molecule has 0 atom stereocenters. The number of aliphatic imine (C=N–C) groups is 1. The topological polar surface area (TPSA) is 67.5 Å². The van der Waals surface area contributed by atoms with Gasteiger partial charge in [-0.05, 0) is 25.7 Å². The number of nitrogens with two attached hydrogens (primary N) is 1. The Labute approximate surface area is 84.0 Å². The molecule has 0 saturated heterocycles. The third-order valence-electron chi connectivity index (χ3n) is 3.22. The quantitative estimate of drug-likeness (QED) is 0.664. The van der Waals surface area contributed by atoms with Gasteiger partial charge in [0, 0.05) is 18.4 Å². The number of amides is 1. The van der Waals surface area contributed by atoms with Crippen LogP contribution in [0.1, 0.15) is 25.7 Å². The molecule has 1 heterocycles. The molecular formula is C10H17N3O. The minimum absolute atomic E-state index is 0.105. The van der Waals surface area contributed by atoms with E-state index < -0.39 is 0 Å². The summed E-state index contributed by atoms with van der Waals surface area (Å²) in [6.07, 6.45) is 3.97. The first-order valence-corrected chi connectivity index (χ1v) is 5.35. The van der Waals surface area contributed by atoms with E-state index >= 15 is 0 Å². The molecule has 4 heteroatoms. The summed E-state index contributed by atoms with van der Waals surface area (Å²) in [7, 11) is 0. The number of nitrogens with zero attached hydrogens (tertiary/aromatic N) is 1. The first-order valence-electron chi connectivity index (χ1n) is 5.35. The second-order valence-electron chi connectivity index (χ2n) is 4.14. The van der Waals surface area contributed by atoms with Crippen LogP contribution in [0.2, 0.25) is 0 Å². The third-order valence-corrected chi connectivity index (χ3v) is 3.22. The van der Waals surface area contributed by atoms with Crippen molar-refractivity contribution in [2.75, 3.05) is 13.1 Å².